The van der Waals surface area contributed by atoms with Gasteiger partial charge in [-0.15, -0.1) is 0 Å². The summed E-state index contributed by atoms with van der Waals surface area (Å²) in [5.74, 6) is 0. The zero-order chi connectivity index (χ0) is 12.6. The maximum Gasteiger partial charge on any atom is 0.264 e. The lowest BCUT2D eigenvalue weighted by molar-refractivity contribution is -0.168. The third kappa shape index (κ3) is 2.50. The predicted octanol–water partition coefficient (Wildman–Crippen LogP) is 0.103. The first-order valence-electron chi connectivity index (χ1n) is 4.76. The molecule has 2 rings (SSSR count). The molecule has 0 N–H and O–H groups in total. The van der Waals surface area contributed by atoms with Crippen LogP contribution in [0.1, 0.15) is 0 Å². The van der Waals surface area contributed by atoms with Gasteiger partial charge in [-0.1, -0.05) is 5.11 Å². The molecular formula is C7H10FN3O5S. The third-order valence-corrected chi connectivity index (χ3v) is 3.06. The van der Waals surface area contributed by atoms with Gasteiger partial charge in [0.25, 0.3) is 10.1 Å². The summed E-state index contributed by atoms with van der Waals surface area (Å²) in [5, 5.41) is 3.23. The molecule has 0 aromatic carbocycles. The van der Waals surface area contributed by atoms with Gasteiger partial charge in [-0.25, -0.2) is 4.39 Å². The van der Waals surface area contributed by atoms with Crippen molar-refractivity contribution in [3.8, 4) is 0 Å². The molecule has 0 radical (unpaired) electrons. The maximum absolute atomic E-state index is 13.8. The highest BCUT2D eigenvalue weighted by Crippen LogP contribution is 2.34. The van der Waals surface area contributed by atoms with E-state index in [1.165, 1.54) is 0 Å². The highest BCUT2D eigenvalue weighted by molar-refractivity contribution is 7.86. The van der Waals surface area contributed by atoms with Crippen molar-refractivity contribution in [2.45, 2.75) is 30.7 Å². The molecule has 0 amide bonds. The Kier molecular flexibility index (Phi) is 3.23. The van der Waals surface area contributed by atoms with E-state index in [1.54, 1.807) is 0 Å². The van der Waals surface area contributed by atoms with Crippen LogP contribution >= 0.6 is 0 Å². The van der Waals surface area contributed by atoms with Crippen molar-refractivity contribution >= 4 is 10.1 Å². The van der Waals surface area contributed by atoms with E-state index in [1.807, 2.05) is 0 Å². The molecule has 8 nitrogen and oxygen atoms in total. The van der Waals surface area contributed by atoms with E-state index in [2.05, 4.69) is 14.2 Å². The minimum absolute atomic E-state index is 0.0209. The number of azide groups is 1. The Morgan fingerprint density at radius 3 is 2.88 bits per heavy atom. The standard InChI is InChI=1S/C7H10FN3O5S/c1-17(12,13)16-6-5(10-11-9)4(8)3-2-14-7(6)15-3/h3-7H,2H2,1H3/t3-,4+,5+,6-,7-/m1/s1. The van der Waals surface area contributed by atoms with Crippen LogP contribution in [0, 0.1) is 0 Å². The van der Waals surface area contributed by atoms with Crippen LogP contribution < -0.4 is 0 Å². The second-order valence-corrected chi connectivity index (χ2v) is 5.38. The van der Waals surface area contributed by atoms with Gasteiger partial charge in [0.1, 0.15) is 24.4 Å². The van der Waals surface area contributed by atoms with Crippen LogP contribution in [0.5, 0.6) is 0 Å². The van der Waals surface area contributed by atoms with Gasteiger partial charge in [-0.2, -0.15) is 8.42 Å². The fraction of sp³-hybridized carbons (Fsp3) is 1.00. The lowest BCUT2D eigenvalue weighted by Gasteiger charge is -2.33. The molecule has 2 bridgehead atoms. The Morgan fingerprint density at radius 2 is 2.29 bits per heavy atom. The number of halogens is 1. The molecule has 17 heavy (non-hydrogen) atoms. The summed E-state index contributed by atoms with van der Waals surface area (Å²) < 4.78 is 50.7. The average Bonchev–Trinajstić information content (AvgIpc) is 2.65. The van der Waals surface area contributed by atoms with Crippen molar-refractivity contribution in [3.05, 3.63) is 10.4 Å². The summed E-state index contributed by atoms with van der Waals surface area (Å²) in [7, 11) is -3.83. The van der Waals surface area contributed by atoms with Crippen molar-refractivity contribution < 1.29 is 26.5 Å². The SMILES string of the molecule is CS(=O)(=O)O[C@H]1[C@@H]2OC[C@@H](O2)[C@H](F)[C@@H]1N=[N+]=[N-]. The molecule has 0 unspecified atom stereocenters. The van der Waals surface area contributed by atoms with Crippen LogP contribution in [0.4, 0.5) is 4.39 Å². The van der Waals surface area contributed by atoms with Crippen LogP contribution in [0.3, 0.4) is 0 Å². The molecule has 2 saturated heterocycles. The van der Waals surface area contributed by atoms with E-state index in [4.69, 9.17) is 15.0 Å². The zero-order valence-corrected chi connectivity index (χ0v) is 9.58. The highest BCUT2D eigenvalue weighted by Gasteiger charge is 2.52. The van der Waals surface area contributed by atoms with Gasteiger partial charge in [0.05, 0.1) is 12.9 Å². The fourth-order valence-electron chi connectivity index (χ4n) is 1.84. The largest absolute Gasteiger partial charge is 0.347 e. The van der Waals surface area contributed by atoms with Gasteiger partial charge in [0, 0.05) is 4.91 Å². The smallest absolute Gasteiger partial charge is 0.264 e. The van der Waals surface area contributed by atoms with Gasteiger partial charge < -0.3 is 9.47 Å². The molecule has 2 heterocycles. The molecule has 0 aliphatic carbocycles. The highest BCUT2D eigenvalue weighted by atomic mass is 32.2. The van der Waals surface area contributed by atoms with Gasteiger partial charge >= 0.3 is 0 Å². The topological polar surface area (TPSA) is 111 Å². The second kappa shape index (κ2) is 4.39. The van der Waals surface area contributed by atoms with Gasteiger partial charge in [-0.05, 0) is 5.53 Å². The number of alkyl halides is 1. The Morgan fingerprint density at radius 1 is 1.59 bits per heavy atom. The van der Waals surface area contributed by atoms with Crippen molar-refractivity contribution in [2.24, 2.45) is 5.11 Å². The first kappa shape index (κ1) is 12.5. The number of fused-ring (bicyclic) bond motifs is 2. The first-order valence-corrected chi connectivity index (χ1v) is 6.57. The Balaban J connectivity index is 2.27. The van der Waals surface area contributed by atoms with Crippen LogP contribution in [0.2, 0.25) is 0 Å². The Bertz CT molecular complexity index is 450. The molecule has 10 heteroatoms. The fourth-order valence-corrected chi connectivity index (χ4v) is 2.44. The average molecular weight is 267 g/mol. The first-order chi connectivity index (χ1) is 7.92. The lowest BCUT2D eigenvalue weighted by atomic mass is 10.0. The molecule has 96 valence electrons. The minimum Gasteiger partial charge on any atom is -0.347 e. The van der Waals surface area contributed by atoms with Crippen molar-refractivity contribution in [1.82, 2.24) is 0 Å². The summed E-state index contributed by atoms with van der Waals surface area (Å²) in [4.78, 5) is 2.49. The van der Waals surface area contributed by atoms with E-state index >= 15 is 0 Å². The van der Waals surface area contributed by atoms with Gasteiger partial charge in [0.2, 0.25) is 0 Å². The van der Waals surface area contributed by atoms with E-state index < -0.39 is 40.8 Å². The van der Waals surface area contributed by atoms with Crippen LogP contribution in [-0.2, 0) is 23.8 Å². The van der Waals surface area contributed by atoms with Crippen molar-refractivity contribution in [3.63, 3.8) is 0 Å². The molecule has 0 aromatic heterocycles. The molecular weight excluding hydrogens is 257 g/mol. The Hall–Kier alpha value is -0.930. The summed E-state index contributed by atoms with van der Waals surface area (Å²) in [5.41, 5.74) is 8.35. The third-order valence-electron chi connectivity index (χ3n) is 2.49. The quantitative estimate of drug-likeness (QED) is 0.312. The van der Waals surface area contributed by atoms with E-state index in [0.717, 1.165) is 6.26 Å². The number of nitrogens with zero attached hydrogens (tertiary/aromatic N) is 3. The molecule has 5 atom stereocenters. The monoisotopic (exact) mass is 267 g/mol. The van der Waals surface area contributed by atoms with E-state index in [-0.39, 0.29) is 6.61 Å². The van der Waals surface area contributed by atoms with Crippen molar-refractivity contribution in [2.75, 3.05) is 12.9 Å². The van der Waals surface area contributed by atoms with Gasteiger partial charge in [0.15, 0.2) is 6.29 Å². The molecule has 2 aliphatic heterocycles. The minimum atomic E-state index is -3.83. The van der Waals surface area contributed by atoms with Gasteiger partial charge in [-0.3, -0.25) is 4.18 Å². The molecule has 0 spiro atoms. The molecule has 2 fully saturated rings. The maximum atomic E-state index is 13.8. The lowest BCUT2D eigenvalue weighted by Crippen LogP contribution is -2.52. The van der Waals surface area contributed by atoms with Crippen LogP contribution in [0.25, 0.3) is 10.4 Å². The van der Waals surface area contributed by atoms with Crippen molar-refractivity contribution in [1.29, 1.82) is 0 Å². The number of hydrogen-bond acceptors (Lipinski definition) is 6. The van der Waals surface area contributed by atoms with E-state index in [9.17, 15) is 12.8 Å². The number of ether oxygens (including phenoxy) is 2. The summed E-state index contributed by atoms with van der Waals surface area (Å²) in [6.07, 6.45) is -4.02. The molecule has 0 saturated carbocycles. The second-order valence-electron chi connectivity index (χ2n) is 3.78. The predicted molar refractivity (Wildman–Crippen MR) is 52.2 cm³/mol. The normalized spacial score (nSPS) is 40.9. The van der Waals surface area contributed by atoms with Crippen LogP contribution in [-0.4, -0.2) is 52.0 Å². The summed E-state index contributed by atoms with van der Waals surface area (Å²) >= 11 is 0. The summed E-state index contributed by atoms with van der Waals surface area (Å²) in [6.45, 7) is -0.0209. The summed E-state index contributed by atoms with van der Waals surface area (Å²) in [6, 6.07) is -1.28. The Labute approximate surface area is 96.4 Å². The zero-order valence-electron chi connectivity index (χ0n) is 8.76. The molecule has 2 aliphatic rings. The van der Waals surface area contributed by atoms with E-state index in [0.29, 0.717) is 0 Å². The number of rotatable bonds is 3. The number of hydrogen-bond donors (Lipinski definition) is 0. The van der Waals surface area contributed by atoms with Crippen LogP contribution in [0.15, 0.2) is 5.11 Å². The molecule has 0 aromatic rings.